The first-order valence-electron chi connectivity index (χ1n) is 5.47. The van der Waals surface area contributed by atoms with E-state index in [-0.39, 0.29) is 17.1 Å². The molecule has 1 aromatic carbocycles. The Kier molecular flexibility index (Phi) is 3.44. The van der Waals surface area contributed by atoms with Crippen LogP contribution < -0.4 is 4.74 Å². The molecule has 0 aliphatic carbocycles. The zero-order valence-electron chi connectivity index (χ0n) is 10.1. The maximum atomic E-state index is 11.1. The number of carbonyl (C=O) groups is 1. The fourth-order valence-electron chi connectivity index (χ4n) is 1.56. The molecule has 1 heterocycles. The van der Waals surface area contributed by atoms with Gasteiger partial charge in [-0.15, -0.1) is 0 Å². The van der Waals surface area contributed by atoms with Gasteiger partial charge in [0.15, 0.2) is 5.75 Å². The molecule has 2 aromatic rings. The summed E-state index contributed by atoms with van der Waals surface area (Å²) >= 11 is 0. The number of ether oxygens (including phenoxy) is 1. The number of nitrogens with zero attached hydrogens (tertiary/aromatic N) is 2. The van der Waals surface area contributed by atoms with Gasteiger partial charge >= 0.3 is 5.97 Å². The van der Waals surface area contributed by atoms with Gasteiger partial charge in [0.05, 0.1) is 11.8 Å². The fourth-order valence-corrected chi connectivity index (χ4v) is 1.56. The van der Waals surface area contributed by atoms with Crippen molar-refractivity contribution in [3.05, 3.63) is 53.3 Å². The van der Waals surface area contributed by atoms with E-state index in [0.29, 0.717) is 5.56 Å². The monoisotopic (exact) mass is 254 g/mol. The van der Waals surface area contributed by atoms with E-state index in [4.69, 9.17) is 15.1 Å². The molecular weight excluding hydrogens is 244 g/mol. The number of aryl methyl sites for hydroxylation is 1. The topological polar surface area (TPSA) is 83.2 Å². The molecule has 0 unspecified atom stereocenters. The van der Waals surface area contributed by atoms with Crippen LogP contribution in [0.5, 0.6) is 11.5 Å². The number of carboxylic acids is 1. The maximum absolute atomic E-state index is 11.1. The van der Waals surface area contributed by atoms with Crippen LogP contribution in [-0.4, -0.2) is 16.1 Å². The highest BCUT2D eigenvalue weighted by molar-refractivity contribution is 5.91. The van der Waals surface area contributed by atoms with E-state index in [2.05, 4.69) is 4.98 Å². The molecule has 0 bridgehead atoms. The minimum atomic E-state index is -1.09. The van der Waals surface area contributed by atoms with Gasteiger partial charge in [0.1, 0.15) is 17.4 Å². The van der Waals surface area contributed by atoms with Crippen molar-refractivity contribution in [1.29, 1.82) is 5.26 Å². The number of carboxylic acid groups (broad SMARTS) is 1. The fraction of sp³-hybridized carbons (Fsp3) is 0.0714. The summed E-state index contributed by atoms with van der Waals surface area (Å²) in [7, 11) is 0. The Balaban J connectivity index is 2.46. The third-order valence-corrected chi connectivity index (χ3v) is 2.49. The SMILES string of the molecule is Cc1ccc(C(=O)O)c(Oc2cnccc2C#N)c1. The van der Waals surface area contributed by atoms with Crippen LogP contribution in [0.4, 0.5) is 0 Å². The van der Waals surface area contributed by atoms with E-state index in [1.54, 1.807) is 12.1 Å². The molecular formula is C14H10N2O3. The zero-order valence-corrected chi connectivity index (χ0v) is 10.1. The molecule has 0 aliphatic rings. The van der Waals surface area contributed by atoms with E-state index in [1.807, 2.05) is 13.0 Å². The summed E-state index contributed by atoms with van der Waals surface area (Å²) in [5.41, 5.74) is 1.20. The van der Waals surface area contributed by atoms with Crippen LogP contribution >= 0.6 is 0 Å². The molecule has 94 valence electrons. The van der Waals surface area contributed by atoms with E-state index < -0.39 is 5.97 Å². The Morgan fingerprint density at radius 3 is 2.84 bits per heavy atom. The van der Waals surface area contributed by atoms with Crippen molar-refractivity contribution >= 4 is 5.97 Å². The Morgan fingerprint density at radius 2 is 2.16 bits per heavy atom. The molecule has 2 rings (SSSR count). The highest BCUT2D eigenvalue weighted by atomic mass is 16.5. The number of nitriles is 1. The summed E-state index contributed by atoms with van der Waals surface area (Å²) < 4.78 is 5.51. The number of benzene rings is 1. The van der Waals surface area contributed by atoms with Crippen LogP contribution in [-0.2, 0) is 0 Å². The zero-order chi connectivity index (χ0) is 13.8. The molecule has 0 amide bonds. The number of hydrogen-bond donors (Lipinski definition) is 1. The number of rotatable bonds is 3. The van der Waals surface area contributed by atoms with E-state index in [1.165, 1.54) is 24.5 Å². The second kappa shape index (κ2) is 5.19. The minimum absolute atomic E-state index is 0.0401. The lowest BCUT2D eigenvalue weighted by Gasteiger charge is -2.10. The molecule has 0 saturated carbocycles. The van der Waals surface area contributed by atoms with Crippen LogP contribution in [0.3, 0.4) is 0 Å². The molecule has 5 nitrogen and oxygen atoms in total. The third-order valence-electron chi connectivity index (χ3n) is 2.49. The molecule has 0 fully saturated rings. The third kappa shape index (κ3) is 2.69. The van der Waals surface area contributed by atoms with Crippen LogP contribution in [0.25, 0.3) is 0 Å². The van der Waals surface area contributed by atoms with Gasteiger partial charge < -0.3 is 9.84 Å². The van der Waals surface area contributed by atoms with Crippen molar-refractivity contribution < 1.29 is 14.6 Å². The molecule has 0 radical (unpaired) electrons. The average molecular weight is 254 g/mol. The van der Waals surface area contributed by atoms with Gasteiger partial charge in [-0.25, -0.2) is 4.79 Å². The molecule has 0 spiro atoms. The number of aromatic carboxylic acids is 1. The first-order valence-corrected chi connectivity index (χ1v) is 5.47. The highest BCUT2D eigenvalue weighted by Gasteiger charge is 2.13. The highest BCUT2D eigenvalue weighted by Crippen LogP contribution is 2.28. The Bertz CT molecular complexity index is 675. The molecule has 0 atom stereocenters. The summed E-state index contributed by atoms with van der Waals surface area (Å²) in [6, 6.07) is 8.23. The Morgan fingerprint density at radius 1 is 1.37 bits per heavy atom. The molecule has 5 heteroatoms. The largest absolute Gasteiger partial charge is 0.478 e. The minimum Gasteiger partial charge on any atom is -0.478 e. The van der Waals surface area contributed by atoms with Crippen LogP contribution in [0.15, 0.2) is 36.7 Å². The predicted molar refractivity (Wildman–Crippen MR) is 67.2 cm³/mol. The maximum Gasteiger partial charge on any atom is 0.339 e. The summed E-state index contributed by atoms with van der Waals surface area (Å²) in [6.45, 7) is 1.83. The van der Waals surface area contributed by atoms with Crippen molar-refractivity contribution in [3.63, 3.8) is 0 Å². The van der Waals surface area contributed by atoms with E-state index in [0.717, 1.165) is 5.56 Å². The summed E-state index contributed by atoms with van der Waals surface area (Å²) in [5.74, 6) is -0.660. The Hall–Kier alpha value is -2.87. The molecule has 1 aromatic heterocycles. The van der Waals surface area contributed by atoms with Crippen molar-refractivity contribution in [1.82, 2.24) is 4.98 Å². The number of hydrogen-bond acceptors (Lipinski definition) is 4. The predicted octanol–water partition coefficient (Wildman–Crippen LogP) is 2.75. The van der Waals surface area contributed by atoms with Crippen molar-refractivity contribution in [2.24, 2.45) is 0 Å². The van der Waals surface area contributed by atoms with Crippen molar-refractivity contribution in [3.8, 4) is 17.6 Å². The first kappa shape index (κ1) is 12.6. The summed E-state index contributed by atoms with van der Waals surface area (Å²) in [6.07, 6.45) is 2.85. The van der Waals surface area contributed by atoms with Gasteiger partial charge in [0, 0.05) is 6.20 Å². The first-order chi connectivity index (χ1) is 9.11. The second-order valence-electron chi connectivity index (χ2n) is 3.89. The lowest BCUT2D eigenvalue weighted by atomic mass is 10.1. The van der Waals surface area contributed by atoms with E-state index in [9.17, 15) is 4.79 Å². The van der Waals surface area contributed by atoms with E-state index >= 15 is 0 Å². The van der Waals surface area contributed by atoms with Crippen molar-refractivity contribution in [2.45, 2.75) is 6.92 Å². The molecule has 0 aliphatic heterocycles. The number of aromatic nitrogens is 1. The number of pyridine rings is 1. The van der Waals surface area contributed by atoms with Crippen LogP contribution in [0, 0.1) is 18.3 Å². The normalized spacial score (nSPS) is 9.68. The summed E-state index contributed by atoms with van der Waals surface area (Å²) in [5, 5.41) is 18.1. The second-order valence-corrected chi connectivity index (χ2v) is 3.89. The quantitative estimate of drug-likeness (QED) is 0.910. The van der Waals surface area contributed by atoms with Gasteiger partial charge in [-0.05, 0) is 30.7 Å². The van der Waals surface area contributed by atoms with Gasteiger partial charge in [-0.1, -0.05) is 6.07 Å². The van der Waals surface area contributed by atoms with Crippen LogP contribution in [0.2, 0.25) is 0 Å². The molecule has 19 heavy (non-hydrogen) atoms. The Labute approximate surface area is 109 Å². The lowest BCUT2D eigenvalue weighted by Crippen LogP contribution is -2.01. The van der Waals surface area contributed by atoms with Crippen molar-refractivity contribution in [2.75, 3.05) is 0 Å². The van der Waals surface area contributed by atoms with Gasteiger partial charge in [-0.3, -0.25) is 4.98 Å². The van der Waals surface area contributed by atoms with Gasteiger partial charge in [-0.2, -0.15) is 5.26 Å². The van der Waals surface area contributed by atoms with Crippen LogP contribution in [0.1, 0.15) is 21.5 Å². The standard InChI is InChI=1S/C14H10N2O3/c1-9-2-3-11(14(17)18)12(6-9)19-13-8-16-5-4-10(13)7-15/h2-6,8H,1H3,(H,17,18). The van der Waals surface area contributed by atoms with Gasteiger partial charge in [0.25, 0.3) is 0 Å². The van der Waals surface area contributed by atoms with Gasteiger partial charge in [0.2, 0.25) is 0 Å². The lowest BCUT2D eigenvalue weighted by molar-refractivity contribution is 0.0694. The smallest absolute Gasteiger partial charge is 0.339 e. The average Bonchev–Trinajstić information content (AvgIpc) is 2.39. The molecule has 1 N–H and O–H groups in total. The summed E-state index contributed by atoms with van der Waals surface area (Å²) in [4.78, 5) is 15.0. The molecule has 0 saturated heterocycles.